The summed E-state index contributed by atoms with van der Waals surface area (Å²) in [6, 6.07) is 0. The summed E-state index contributed by atoms with van der Waals surface area (Å²) in [5, 5.41) is 0. The van der Waals surface area contributed by atoms with Crippen LogP contribution in [-0.2, 0) is 14.3 Å². The van der Waals surface area contributed by atoms with E-state index in [4.69, 9.17) is 4.74 Å². The van der Waals surface area contributed by atoms with Gasteiger partial charge in [0.2, 0.25) is 0 Å². The molecule has 4 atom stereocenters. The molecule has 1 heterocycles. The number of hydrogen-bond acceptors (Lipinski definition) is 3. The third-order valence-electron chi connectivity index (χ3n) is 4.26. The van der Waals surface area contributed by atoms with E-state index >= 15 is 0 Å². The van der Waals surface area contributed by atoms with E-state index in [1.54, 1.807) is 6.92 Å². The van der Waals surface area contributed by atoms with Gasteiger partial charge >= 0.3 is 5.97 Å². The summed E-state index contributed by atoms with van der Waals surface area (Å²) in [5.41, 5.74) is -0.368. The van der Waals surface area contributed by atoms with Gasteiger partial charge in [-0.25, -0.2) is 0 Å². The molecule has 16 heavy (non-hydrogen) atoms. The highest BCUT2D eigenvalue weighted by Gasteiger charge is 2.73. The molecule has 0 N–H and O–H groups in total. The standard InChI is InChI=1S/C13H18O3/c1-7(2)6-12(4)10-8(3)9(14)13(12,5)11(15)16-10/h6,8,10H,1-5H3/t8-,10-,12+,13-/m0/s1. The molecule has 2 rings (SSSR count). The van der Waals surface area contributed by atoms with E-state index < -0.39 is 10.8 Å². The first-order valence-electron chi connectivity index (χ1n) is 5.66. The van der Waals surface area contributed by atoms with Crippen LogP contribution < -0.4 is 0 Å². The fourth-order valence-electron chi connectivity index (χ4n) is 3.27. The maximum absolute atomic E-state index is 12.2. The highest BCUT2D eigenvalue weighted by atomic mass is 16.6. The fraction of sp³-hybridized carbons (Fsp3) is 0.692. The minimum atomic E-state index is -0.992. The summed E-state index contributed by atoms with van der Waals surface area (Å²) < 4.78 is 5.36. The van der Waals surface area contributed by atoms with Crippen LogP contribution in [0.1, 0.15) is 34.6 Å². The zero-order valence-corrected chi connectivity index (χ0v) is 10.5. The number of carbonyl (C=O) groups excluding carboxylic acids is 2. The highest BCUT2D eigenvalue weighted by Crippen LogP contribution is 2.60. The van der Waals surface area contributed by atoms with Crippen LogP contribution in [0.15, 0.2) is 11.6 Å². The van der Waals surface area contributed by atoms with Gasteiger partial charge < -0.3 is 4.74 Å². The molecule has 0 amide bonds. The number of ether oxygens (including phenoxy) is 1. The van der Waals surface area contributed by atoms with E-state index in [-0.39, 0.29) is 23.8 Å². The van der Waals surface area contributed by atoms with Crippen LogP contribution >= 0.6 is 0 Å². The third-order valence-corrected chi connectivity index (χ3v) is 4.26. The van der Waals surface area contributed by atoms with Crippen molar-refractivity contribution in [2.45, 2.75) is 40.7 Å². The van der Waals surface area contributed by atoms with E-state index in [1.165, 1.54) is 0 Å². The number of fused-ring (bicyclic) bond motifs is 2. The fourth-order valence-corrected chi connectivity index (χ4v) is 3.27. The molecule has 0 aromatic rings. The van der Waals surface area contributed by atoms with Crippen LogP contribution in [0.5, 0.6) is 0 Å². The molecule has 0 unspecified atom stereocenters. The van der Waals surface area contributed by atoms with Crippen molar-refractivity contribution in [3.8, 4) is 0 Å². The molecule has 1 aliphatic heterocycles. The summed E-state index contributed by atoms with van der Waals surface area (Å²) in [7, 11) is 0. The van der Waals surface area contributed by atoms with Crippen molar-refractivity contribution < 1.29 is 14.3 Å². The average Bonchev–Trinajstić information content (AvgIpc) is 2.42. The number of Topliss-reactive ketones (excluding diaryl/α,β-unsaturated/α-hetero) is 1. The van der Waals surface area contributed by atoms with Crippen molar-refractivity contribution >= 4 is 11.8 Å². The lowest BCUT2D eigenvalue weighted by atomic mass is 9.68. The normalized spacial score (nSPS) is 45.8. The second-order valence-corrected chi connectivity index (χ2v) is 5.61. The zero-order chi connectivity index (χ0) is 12.3. The van der Waals surface area contributed by atoms with E-state index in [0.717, 1.165) is 5.57 Å². The van der Waals surface area contributed by atoms with Crippen molar-refractivity contribution in [1.82, 2.24) is 0 Å². The first-order chi connectivity index (χ1) is 7.25. The van der Waals surface area contributed by atoms with Crippen molar-refractivity contribution in [3.05, 3.63) is 11.6 Å². The Labute approximate surface area is 95.9 Å². The summed E-state index contributed by atoms with van der Waals surface area (Å²) in [6.07, 6.45) is 1.72. The van der Waals surface area contributed by atoms with Crippen LogP contribution in [0.2, 0.25) is 0 Å². The lowest BCUT2D eigenvalue weighted by Gasteiger charge is -2.28. The molecule has 0 aromatic heterocycles. The van der Waals surface area contributed by atoms with Gasteiger partial charge in [-0.3, -0.25) is 9.59 Å². The van der Waals surface area contributed by atoms with Gasteiger partial charge in [-0.2, -0.15) is 0 Å². The van der Waals surface area contributed by atoms with Gasteiger partial charge in [0.15, 0.2) is 5.78 Å². The number of allylic oxidation sites excluding steroid dienone is 1. The van der Waals surface area contributed by atoms with Crippen LogP contribution in [0, 0.1) is 16.7 Å². The molecule has 1 aliphatic carbocycles. The molecule has 1 saturated heterocycles. The lowest BCUT2D eigenvalue weighted by molar-refractivity contribution is -0.161. The number of hydrogen-bond donors (Lipinski definition) is 0. The number of rotatable bonds is 1. The maximum atomic E-state index is 12.2. The SMILES string of the molecule is CC(C)=C[C@]1(C)[C@H]2OC(=O)[C@]1(C)C(=O)[C@@H]2C. The molecule has 0 aromatic carbocycles. The monoisotopic (exact) mass is 222 g/mol. The molecule has 0 spiro atoms. The van der Waals surface area contributed by atoms with Crippen molar-refractivity contribution in [1.29, 1.82) is 0 Å². The minimum absolute atomic E-state index is 0.0220. The Bertz CT molecular complexity index is 405. The van der Waals surface area contributed by atoms with E-state index in [1.807, 2.05) is 33.8 Å². The summed E-state index contributed by atoms with van der Waals surface area (Å²) in [6.45, 7) is 9.48. The second-order valence-electron chi connectivity index (χ2n) is 5.61. The summed E-state index contributed by atoms with van der Waals surface area (Å²) in [4.78, 5) is 24.0. The number of esters is 1. The first-order valence-corrected chi connectivity index (χ1v) is 5.66. The quantitative estimate of drug-likeness (QED) is 0.388. The molecule has 0 radical (unpaired) electrons. The Balaban J connectivity index is 2.62. The van der Waals surface area contributed by atoms with Crippen molar-refractivity contribution in [2.75, 3.05) is 0 Å². The van der Waals surface area contributed by atoms with Gasteiger partial charge in [0.1, 0.15) is 11.5 Å². The van der Waals surface area contributed by atoms with Crippen molar-refractivity contribution in [2.24, 2.45) is 16.7 Å². The Morgan fingerprint density at radius 1 is 1.31 bits per heavy atom. The van der Waals surface area contributed by atoms with Gasteiger partial charge in [-0.1, -0.05) is 25.5 Å². The largest absolute Gasteiger partial charge is 0.460 e. The van der Waals surface area contributed by atoms with Crippen LogP contribution in [0.3, 0.4) is 0 Å². The minimum Gasteiger partial charge on any atom is -0.460 e. The Hall–Kier alpha value is -1.12. The molecule has 88 valence electrons. The number of carbonyl (C=O) groups is 2. The van der Waals surface area contributed by atoms with Gasteiger partial charge in [-0.05, 0) is 20.8 Å². The van der Waals surface area contributed by atoms with E-state index in [2.05, 4.69) is 0 Å². The number of ketones is 1. The molecule has 3 nitrogen and oxygen atoms in total. The summed E-state index contributed by atoms with van der Waals surface area (Å²) in [5.74, 6) is -0.530. The van der Waals surface area contributed by atoms with Crippen LogP contribution in [0.4, 0.5) is 0 Å². The highest BCUT2D eigenvalue weighted by molar-refractivity contribution is 6.10. The molecule has 1 saturated carbocycles. The maximum Gasteiger partial charge on any atom is 0.320 e. The molecule has 2 bridgehead atoms. The van der Waals surface area contributed by atoms with Gasteiger partial charge in [-0.15, -0.1) is 0 Å². The Morgan fingerprint density at radius 3 is 2.31 bits per heavy atom. The van der Waals surface area contributed by atoms with Crippen LogP contribution in [0.25, 0.3) is 0 Å². The lowest BCUT2D eigenvalue weighted by Crippen LogP contribution is -2.41. The summed E-state index contributed by atoms with van der Waals surface area (Å²) >= 11 is 0. The van der Waals surface area contributed by atoms with E-state index in [9.17, 15) is 9.59 Å². The van der Waals surface area contributed by atoms with Crippen LogP contribution in [-0.4, -0.2) is 17.9 Å². The topological polar surface area (TPSA) is 43.4 Å². The third kappa shape index (κ3) is 0.989. The smallest absolute Gasteiger partial charge is 0.320 e. The Morgan fingerprint density at radius 2 is 1.88 bits per heavy atom. The Kier molecular flexibility index (Phi) is 2.10. The predicted molar refractivity (Wildman–Crippen MR) is 59.7 cm³/mol. The molecule has 2 aliphatic rings. The molecule has 3 heteroatoms. The van der Waals surface area contributed by atoms with Gasteiger partial charge in [0, 0.05) is 5.41 Å². The van der Waals surface area contributed by atoms with Gasteiger partial charge in [0.25, 0.3) is 0 Å². The first kappa shape index (κ1) is 11.4. The van der Waals surface area contributed by atoms with Gasteiger partial charge in [0.05, 0.1) is 5.92 Å². The molecular weight excluding hydrogens is 204 g/mol. The van der Waals surface area contributed by atoms with Crippen molar-refractivity contribution in [3.63, 3.8) is 0 Å². The zero-order valence-electron chi connectivity index (χ0n) is 10.5. The van der Waals surface area contributed by atoms with E-state index in [0.29, 0.717) is 0 Å². The molecule has 2 fully saturated rings. The second kappa shape index (κ2) is 2.96. The predicted octanol–water partition coefficient (Wildman–Crippen LogP) is 2.11. The average molecular weight is 222 g/mol. The molecular formula is C13H18O3.